The fourth-order valence-electron chi connectivity index (χ4n) is 1.84. The molecule has 0 unspecified atom stereocenters. The van der Waals surface area contributed by atoms with Gasteiger partial charge < -0.3 is 10.6 Å². The highest BCUT2D eigenvalue weighted by atomic mass is 19.1. The summed E-state index contributed by atoms with van der Waals surface area (Å²) in [7, 11) is 1.62. The largest absolute Gasteiger partial charge is 0.357 e. The fourth-order valence-corrected chi connectivity index (χ4v) is 1.84. The van der Waals surface area contributed by atoms with E-state index in [2.05, 4.69) is 20.6 Å². The predicted molar refractivity (Wildman–Crippen MR) is 77.4 cm³/mol. The SMILES string of the molecule is CNc1nc(C)c([N+](=O)[O-])c(Nc2ccc(F)c(C)c2)n1. The molecule has 110 valence electrons. The summed E-state index contributed by atoms with van der Waals surface area (Å²) in [4.78, 5) is 18.6. The molecule has 0 saturated heterocycles. The Morgan fingerprint density at radius 1 is 1.29 bits per heavy atom. The van der Waals surface area contributed by atoms with Gasteiger partial charge >= 0.3 is 5.69 Å². The molecule has 2 N–H and O–H groups in total. The van der Waals surface area contributed by atoms with Crippen LogP contribution in [0.3, 0.4) is 0 Å². The van der Waals surface area contributed by atoms with Crippen molar-refractivity contribution in [2.45, 2.75) is 13.8 Å². The fraction of sp³-hybridized carbons (Fsp3) is 0.231. The normalized spacial score (nSPS) is 10.3. The summed E-state index contributed by atoms with van der Waals surface area (Å²) in [5.74, 6) is -0.0212. The lowest BCUT2D eigenvalue weighted by atomic mass is 10.2. The molecule has 1 aromatic heterocycles. The van der Waals surface area contributed by atoms with Crippen molar-refractivity contribution in [3.05, 3.63) is 45.4 Å². The molecule has 0 aliphatic heterocycles. The van der Waals surface area contributed by atoms with Crippen LogP contribution in [0.4, 0.5) is 27.5 Å². The number of nitrogens with zero attached hydrogens (tertiary/aromatic N) is 3. The summed E-state index contributed by atoms with van der Waals surface area (Å²) in [6, 6.07) is 4.33. The number of aromatic nitrogens is 2. The zero-order valence-corrected chi connectivity index (χ0v) is 11.8. The molecule has 0 bridgehead atoms. The van der Waals surface area contributed by atoms with Gasteiger partial charge in [0.2, 0.25) is 11.8 Å². The third-order valence-electron chi connectivity index (χ3n) is 2.89. The van der Waals surface area contributed by atoms with Gasteiger partial charge in [0.15, 0.2) is 0 Å². The van der Waals surface area contributed by atoms with E-state index in [0.29, 0.717) is 11.3 Å². The molecule has 1 heterocycles. The van der Waals surface area contributed by atoms with E-state index in [-0.39, 0.29) is 29.0 Å². The van der Waals surface area contributed by atoms with Crippen LogP contribution in [-0.4, -0.2) is 21.9 Å². The summed E-state index contributed by atoms with van der Waals surface area (Å²) in [5.41, 5.74) is 0.969. The highest BCUT2D eigenvalue weighted by molar-refractivity contribution is 5.68. The van der Waals surface area contributed by atoms with Crippen LogP contribution in [0.2, 0.25) is 0 Å². The van der Waals surface area contributed by atoms with Gasteiger partial charge in [-0.15, -0.1) is 0 Å². The Balaban J connectivity index is 2.48. The molecule has 0 saturated carbocycles. The Kier molecular flexibility index (Phi) is 3.97. The van der Waals surface area contributed by atoms with Crippen molar-refractivity contribution in [2.24, 2.45) is 0 Å². The van der Waals surface area contributed by atoms with E-state index >= 15 is 0 Å². The third kappa shape index (κ3) is 3.04. The number of halogens is 1. The van der Waals surface area contributed by atoms with E-state index in [1.807, 2.05) is 0 Å². The first kappa shape index (κ1) is 14.6. The average Bonchev–Trinajstić information content (AvgIpc) is 2.41. The van der Waals surface area contributed by atoms with E-state index in [9.17, 15) is 14.5 Å². The molecule has 7 nitrogen and oxygen atoms in total. The predicted octanol–water partition coefficient (Wildman–Crippen LogP) is 2.93. The second-order valence-electron chi connectivity index (χ2n) is 4.43. The maximum atomic E-state index is 13.3. The number of nitro groups is 1. The van der Waals surface area contributed by atoms with Crippen LogP contribution in [0.25, 0.3) is 0 Å². The van der Waals surface area contributed by atoms with Crippen molar-refractivity contribution < 1.29 is 9.31 Å². The van der Waals surface area contributed by atoms with Crippen LogP contribution in [-0.2, 0) is 0 Å². The Bertz CT molecular complexity index is 705. The number of rotatable bonds is 4. The molecule has 0 radical (unpaired) electrons. The number of benzene rings is 1. The monoisotopic (exact) mass is 291 g/mol. The number of aryl methyl sites for hydroxylation is 2. The molecule has 0 aliphatic rings. The first-order valence-corrected chi connectivity index (χ1v) is 6.16. The van der Waals surface area contributed by atoms with Gasteiger partial charge in [0.05, 0.1) is 4.92 Å². The van der Waals surface area contributed by atoms with Gasteiger partial charge in [0, 0.05) is 12.7 Å². The number of anilines is 3. The minimum atomic E-state index is -0.548. The number of nitrogens with one attached hydrogen (secondary N) is 2. The summed E-state index contributed by atoms with van der Waals surface area (Å²) < 4.78 is 13.3. The van der Waals surface area contributed by atoms with Crippen molar-refractivity contribution in [1.82, 2.24) is 9.97 Å². The molecule has 0 amide bonds. The molecule has 8 heteroatoms. The highest BCUT2D eigenvalue weighted by Crippen LogP contribution is 2.29. The van der Waals surface area contributed by atoms with Crippen LogP contribution in [0.1, 0.15) is 11.3 Å². The van der Waals surface area contributed by atoms with E-state index in [1.165, 1.54) is 19.1 Å². The van der Waals surface area contributed by atoms with E-state index in [0.717, 1.165) is 0 Å². The van der Waals surface area contributed by atoms with Gasteiger partial charge in [0.25, 0.3) is 0 Å². The second-order valence-corrected chi connectivity index (χ2v) is 4.43. The molecule has 2 rings (SSSR count). The van der Waals surface area contributed by atoms with Gasteiger partial charge in [-0.2, -0.15) is 4.98 Å². The van der Waals surface area contributed by atoms with E-state index < -0.39 is 4.92 Å². The first-order valence-electron chi connectivity index (χ1n) is 6.16. The lowest BCUT2D eigenvalue weighted by Gasteiger charge is -2.10. The molecule has 0 aliphatic carbocycles. The Labute approximate surface area is 120 Å². The molecule has 0 spiro atoms. The van der Waals surface area contributed by atoms with Crippen LogP contribution in [0, 0.1) is 29.8 Å². The second kappa shape index (κ2) is 5.70. The van der Waals surface area contributed by atoms with Crippen molar-refractivity contribution in [3.8, 4) is 0 Å². The van der Waals surface area contributed by atoms with Crippen LogP contribution >= 0.6 is 0 Å². The quantitative estimate of drug-likeness (QED) is 0.664. The van der Waals surface area contributed by atoms with Gasteiger partial charge in [-0.05, 0) is 37.6 Å². The average molecular weight is 291 g/mol. The molecular weight excluding hydrogens is 277 g/mol. The van der Waals surface area contributed by atoms with E-state index in [4.69, 9.17) is 0 Å². The van der Waals surface area contributed by atoms with Crippen LogP contribution < -0.4 is 10.6 Å². The standard InChI is InChI=1S/C13H14FN5O2/c1-7-6-9(4-5-10(7)14)17-12-11(19(20)21)8(2)16-13(15-3)18-12/h4-6H,1-3H3,(H2,15,16,17,18). The zero-order valence-electron chi connectivity index (χ0n) is 11.8. The van der Waals surface area contributed by atoms with Crippen molar-refractivity contribution >= 4 is 23.1 Å². The molecule has 0 atom stereocenters. The maximum absolute atomic E-state index is 13.3. The topological polar surface area (TPSA) is 93.0 Å². The Morgan fingerprint density at radius 2 is 2.00 bits per heavy atom. The van der Waals surface area contributed by atoms with Gasteiger partial charge in [0.1, 0.15) is 11.5 Å². The lowest BCUT2D eigenvalue weighted by molar-refractivity contribution is -0.385. The molecule has 21 heavy (non-hydrogen) atoms. The number of hydrogen-bond donors (Lipinski definition) is 2. The maximum Gasteiger partial charge on any atom is 0.332 e. The van der Waals surface area contributed by atoms with E-state index in [1.54, 1.807) is 20.0 Å². The first-order chi connectivity index (χ1) is 9.92. The molecule has 1 aromatic carbocycles. The Morgan fingerprint density at radius 3 is 2.57 bits per heavy atom. The third-order valence-corrected chi connectivity index (χ3v) is 2.89. The minimum Gasteiger partial charge on any atom is -0.357 e. The van der Waals surface area contributed by atoms with Crippen molar-refractivity contribution in [2.75, 3.05) is 17.7 Å². The van der Waals surface area contributed by atoms with Gasteiger partial charge in [-0.1, -0.05) is 0 Å². The summed E-state index contributed by atoms with van der Waals surface area (Å²) in [5, 5.41) is 16.7. The summed E-state index contributed by atoms with van der Waals surface area (Å²) in [6.45, 7) is 3.14. The van der Waals surface area contributed by atoms with Crippen molar-refractivity contribution in [3.63, 3.8) is 0 Å². The summed E-state index contributed by atoms with van der Waals surface area (Å²) in [6.07, 6.45) is 0. The number of hydrogen-bond acceptors (Lipinski definition) is 6. The summed E-state index contributed by atoms with van der Waals surface area (Å²) >= 11 is 0. The molecule has 0 fully saturated rings. The van der Waals surface area contributed by atoms with Gasteiger partial charge in [-0.25, -0.2) is 9.37 Å². The van der Waals surface area contributed by atoms with Crippen molar-refractivity contribution in [1.29, 1.82) is 0 Å². The Hall–Kier alpha value is -2.77. The van der Waals surface area contributed by atoms with Crippen LogP contribution in [0.15, 0.2) is 18.2 Å². The lowest BCUT2D eigenvalue weighted by Crippen LogP contribution is -2.07. The molecule has 2 aromatic rings. The smallest absolute Gasteiger partial charge is 0.332 e. The van der Waals surface area contributed by atoms with Crippen LogP contribution in [0.5, 0.6) is 0 Å². The minimum absolute atomic E-state index is 0.0582. The van der Waals surface area contributed by atoms with Gasteiger partial charge in [-0.3, -0.25) is 10.1 Å². The highest BCUT2D eigenvalue weighted by Gasteiger charge is 2.22. The molecular formula is C13H14FN5O2. The zero-order chi connectivity index (χ0) is 15.6.